The second-order valence-corrected chi connectivity index (χ2v) is 6.02. The molecule has 4 heteroatoms. The minimum atomic E-state index is -0.220. The molecule has 1 aliphatic heterocycles. The molecule has 0 fully saturated rings. The fourth-order valence-electron chi connectivity index (χ4n) is 3.18. The van der Waals surface area contributed by atoms with Crippen LogP contribution in [0.5, 0.6) is 0 Å². The van der Waals surface area contributed by atoms with Gasteiger partial charge < -0.3 is 4.90 Å². The molecule has 0 atom stereocenters. The van der Waals surface area contributed by atoms with E-state index in [1.807, 2.05) is 35.0 Å². The van der Waals surface area contributed by atoms with E-state index in [1.165, 1.54) is 23.4 Å². The molecule has 0 N–H and O–H groups in total. The molecule has 0 amide bonds. The molecule has 0 saturated carbocycles. The molecule has 116 valence electrons. The van der Waals surface area contributed by atoms with E-state index in [-0.39, 0.29) is 5.82 Å². The van der Waals surface area contributed by atoms with Crippen molar-refractivity contribution in [3.63, 3.8) is 0 Å². The molecule has 2 heterocycles. The third-order valence-electron chi connectivity index (χ3n) is 4.37. The van der Waals surface area contributed by atoms with Crippen molar-refractivity contribution < 1.29 is 4.39 Å². The van der Waals surface area contributed by atoms with Crippen LogP contribution >= 0.6 is 0 Å². The summed E-state index contributed by atoms with van der Waals surface area (Å²) in [7, 11) is 2.12. The van der Waals surface area contributed by atoms with Crippen LogP contribution in [0.4, 0.5) is 4.39 Å². The highest BCUT2D eigenvalue weighted by atomic mass is 19.1. The maximum absolute atomic E-state index is 13.2. The van der Waals surface area contributed by atoms with E-state index in [4.69, 9.17) is 5.10 Å². The molecule has 1 aliphatic rings. The van der Waals surface area contributed by atoms with E-state index in [0.717, 1.165) is 36.5 Å². The van der Waals surface area contributed by atoms with Crippen molar-refractivity contribution in [3.05, 3.63) is 71.7 Å². The predicted octanol–water partition coefficient (Wildman–Crippen LogP) is 3.67. The minimum absolute atomic E-state index is 0.220. The summed E-state index contributed by atoms with van der Waals surface area (Å²) in [5.41, 5.74) is 5.49. The van der Waals surface area contributed by atoms with Gasteiger partial charge in [-0.05, 0) is 43.4 Å². The van der Waals surface area contributed by atoms with Crippen LogP contribution in [0.1, 0.15) is 11.3 Å². The summed E-state index contributed by atoms with van der Waals surface area (Å²) >= 11 is 0. The molecule has 3 aromatic rings. The van der Waals surface area contributed by atoms with Gasteiger partial charge in [0, 0.05) is 30.6 Å². The molecular formula is C19H18FN3. The molecule has 0 spiro atoms. The van der Waals surface area contributed by atoms with Crippen molar-refractivity contribution in [2.24, 2.45) is 0 Å². The van der Waals surface area contributed by atoms with Crippen molar-refractivity contribution in [2.45, 2.75) is 13.0 Å². The lowest BCUT2D eigenvalue weighted by molar-refractivity contribution is 0.310. The van der Waals surface area contributed by atoms with Gasteiger partial charge in [0.1, 0.15) is 5.82 Å². The standard InChI is InChI=1S/C19H18FN3/c1-22-12-11-18-17(13-22)19(14-7-9-15(20)10-8-14)21-23(18)16-5-3-2-4-6-16/h2-10H,11-13H2,1H3. The molecule has 4 rings (SSSR count). The van der Waals surface area contributed by atoms with Crippen LogP contribution in [0, 0.1) is 5.82 Å². The summed E-state index contributed by atoms with van der Waals surface area (Å²) in [5.74, 6) is -0.220. The number of hydrogen-bond acceptors (Lipinski definition) is 2. The molecular weight excluding hydrogens is 289 g/mol. The Bertz CT molecular complexity index is 822. The summed E-state index contributed by atoms with van der Waals surface area (Å²) in [6, 6.07) is 16.8. The molecule has 1 aromatic heterocycles. The average Bonchev–Trinajstić information content (AvgIpc) is 2.95. The first-order chi connectivity index (χ1) is 11.2. The monoisotopic (exact) mass is 307 g/mol. The van der Waals surface area contributed by atoms with Crippen LogP contribution in [0.15, 0.2) is 54.6 Å². The van der Waals surface area contributed by atoms with Crippen LogP contribution in [-0.4, -0.2) is 28.3 Å². The van der Waals surface area contributed by atoms with Crippen molar-refractivity contribution in [2.75, 3.05) is 13.6 Å². The molecule has 0 radical (unpaired) electrons. The van der Waals surface area contributed by atoms with E-state index in [0.29, 0.717) is 0 Å². The third-order valence-corrected chi connectivity index (χ3v) is 4.37. The van der Waals surface area contributed by atoms with Crippen LogP contribution in [-0.2, 0) is 13.0 Å². The molecule has 23 heavy (non-hydrogen) atoms. The number of rotatable bonds is 2. The second kappa shape index (κ2) is 5.63. The third kappa shape index (κ3) is 2.55. The quantitative estimate of drug-likeness (QED) is 0.720. The predicted molar refractivity (Wildman–Crippen MR) is 89.0 cm³/mol. The van der Waals surface area contributed by atoms with Crippen molar-refractivity contribution in [3.8, 4) is 16.9 Å². The lowest BCUT2D eigenvalue weighted by atomic mass is 10.0. The van der Waals surface area contributed by atoms with Gasteiger partial charge in [0.15, 0.2) is 0 Å². The maximum atomic E-state index is 13.2. The summed E-state index contributed by atoms with van der Waals surface area (Å²) in [4.78, 5) is 2.30. The first kappa shape index (κ1) is 14.2. The number of hydrogen-bond donors (Lipinski definition) is 0. The molecule has 2 aromatic carbocycles. The topological polar surface area (TPSA) is 21.1 Å². The van der Waals surface area contributed by atoms with Gasteiger partial charge in [0.25, 0.3) is 0 Å². The lowest BCUT2D eigenvalue weighted by Gasteiger charge is -2.23. The Labute approximate surface area is 135 Å². The average molecular weight is 307 g/mol. The first-order valence-corrected chi connectivity index (χ1v) is 7.83. The summed E-state index contributed by atoms with van der Waals surface area (Å²) in [5, 5.41) is 4.86. The summed E-state index contributed by atoms with van der Waals surface area (Å²) in [6.07, 6.45) is 0.967. The van der Waals surface area contributed by atoms with Crippen molar-refractivity contribution in [1.29, 1.82) is 0 Å². The highest BCUT2D eigenvalue weighted by molar-refractivity contribution is 5.65. The molecule has 0 unspecified atom stereocenters. The van der Waals surface area contributed by atoms with Crippen LogP contribution in [0.2, 0.25) is 0 Å². The number of nitrogens with zero attached hydrogens (tertiary/aromatic N) is 3. The lowest BCUT2D eigenvalue weighted by Crippen LogP contribution is -2.27. The van der Waals surface area contributed by atoms with Gasteiger partial charge >= 0.3 is 0 Å². The molecule has 0 saturated heterocycles. The molecule has 0 bridgehead atoms. The fourth-order valence-corrected chi connectivity index (χ4v) is 3.18. The van der Waals surface area contributed by atoms with Crippen molar-refractivity contribution >= 4 is 0 Å². The van der Waals surface area contributed by atoms with Gasteiger partial charge in [0.05, 0.1) is 17.1 Å². The number of benzene rings is 2. The fraction of sp³-hybridized carbons (Fsp3) is 0.211. The Kier molecular flexibility index (Phi) is 3.46. The zero-order chi connectivity index (χ0) is 15.8. The van der Waals surface area contributed by atoms with Gasteiger partial charge in [-0.25, -0.2) is 9.07 Å². The molecule has 0 aliphatic carbocycles. The van der Waals surface area contributed by atoms with E-state index < -0.39 is 0 Å². The molecule has 3 nitrogen and oxygen atoms in total. The zero-order valence-corrected chi connectivity index (χ0v) is 13.0. The Morgan fingerprint density at radius 2 is 1.74 bits per heavy atom. The van der Waals surface area contributed by atoms with Gasteiger partial charge in [-0.3, -0.25) is 0 Å². The highest BCUT2D eigenvalue weighted by Crippen LogP contribution is 2.31. The van der Waals surface area contributed by atoms with Gasteiger partial charge in [-0.2, -0.15) is 5.10 Å². The maximum Gasteiger partial charge on any atom is 0.123 e. The van der Waals surface area contributed by atoms with Gasteiger partial charge in [-0.15, -0.1) is 0 Å². The number of para-hydroxylation sites is 1. The van der Waals surface area contributed by atoms with Gasteiger partial charge in [0.2, 0.25) is 0 Å². The SMILES string of the molecule is CN1CCc2c(c(-c3ccc(F)cc3)nn2-c2ccccc2)C1. The smallest absolute Gasteiger partial charge is 0.123 e. The number of aromatic nitrogens is 2. The normalized spacial score (nSPS) is 14.7. The van der Waals surface area contributed by atoms with Crippen LogP contribution in [0.25, 0.3) is 16.9 Å². The second-order valence-electron chi connectivity index (χ2n) is 6.02. The number of halogens is 1. The van der Waals surface area contributed by atoms with E-state index in [2.05, 4.69) is 24.1 Å². The Hall–Kier alpha value is -2.46. The Balaban J connectivity index is 1.89. The summed E-state index contributed by atoms with van der Waals surface area (Å²) in [6.45, 7) is 1.89. The first-order valence-electron chi connectivity index (χ1n) is 7.83. The highest BCUT2D eigenvalue weighted by Gasteiger charge is 2.24. The van der Waals surface area contributed by atoms with E-state index in [9.17, 15) is 4.39 Å². The minimum Gasteiger partial charge on any atom is -0.302 e. The Morgan fingerprint density at radius 1 is 1.00 bits per heavy atom. The Morgan fingerprint density at radius 3 is 2.48 bits per heavy atom. The van der Waals surface area contributed by atoms with Gasteiger partial charge in [-0.1, -0.05) is 18.2 Å². The number of likely N-dealkylation sites (N-methyl/N-ethyl adjacent to an activating group) is 1. The van der Waals surface area contributed by atoms with E-state index in [1.54, 1.807) is 0 Å². The van der Waals surface area contributed by atoms with Crippen molar-refractivity contribution in [1.82, 2.24) is 14.7 Å². The summed E-state index contributed by atoms with van der Waals surface area (Å²) < 4.78 is 15.3. The van der Waals surface area contributed by atoms with Crippen LogP contribution in [0.3, 0.4) is 0 Å². The zero-order valence-electron chi connectivity index (χ0n) is 13.0. The van der Waals surface area contributed by atoms with Crippen LogP contribution < -0.4 is 0 Å². The largest absolute Gasteiger partial charge is 0.302 e. The van der Waals surface area contributed by atoms with E-state index >= 15 is 0 Å². The number of fused-ring (bicyclic) bond motifs is 1.